The molecule has 190 valence electrons. The van der Waals surface area contributed by atoms with Crippen LogP contribution >= 0.6 is 0 Å². The first-order valence-electron chi connectivity index (χ1n) is 13.4. The van der Waals surface area contributed by atoms with Gasteiger partial charge in [-0.25, -0.2) is 0 Å². The third-order valence-electron chi connectivity index (χ3n) is 8.71. The molecule has 1 aliphatic heterocycles. The Balaban J connectivity index is 1.30. The van der Waals surface area contributed by atoms with E-state index in [4.69, 9.17) is 18.1 Å². The van der Waals surface area contributed by atoms with Crippen LogP contribution in [0.2, 0.25) is 0 Å². The molecule has 1 saturated heterocycles. The molecule has 0 bridgehead atoms. The fraction of sp³-hybridized carbons (Fsp3) is 0.176. The summed E-state index contributed by atoms with van der Waals surface area (Å²) in [5, 5.41) is 6.71. The quantitative estimate of drug-likeness (QED) is 0.219. The molecule has 7 aromatic rings. The van der Waals surface area contributed by atoms with E-state index in [0.29, 0.717) is 0 Å². The molecule has 3 heterocycles. The van der Waals surface area contributed by atoms with Crippen molar-refractivity contribution in [3.8, 4) is 11.1 Å². The summed E-state index contributed by atoms with van der Waals surface area (Å²) in [6.45, 7) is 8.29. The summed E-state index contributed by atoms with van der Waals surface area (Å²) < 4.78 is 25.6. The molecule has 5 heteroatoms. The van der Waals surface area contributed by atoms with Crippen molar-refractivity contribution in [2.45, 2.75) is 38.9 Å². The van der Waals surface area contributed by atoms with Crippen LogP contribution in [-0.2, 0) is 9.31 Å². The third kappa shape index (κ3) is 3.27. The summed E-state index contributed by atoms with van der Waals surface area (Å²) in [6, 6.07) is 31.7. The predicted octanol–water partition coefficient (Wildman–Crippen LogP) is 8.60. The Morgan fingerprint density at radius 2 is 1.26 bits per heavy atom. The minimum Gasteiger partial charge on any atom is -0.456 e. The highest BCUT2D eigenvalue weighted by molar-refractivity contribution is 6.65. The predicted molar refractivity (Wildman–Crippen MR) is 160 cm³/mol. The van der Waals surface area contributed by atoms with Gasteiger partial charge in [-0.05, 0) is 68.3 Å². The highest BCUT2D eigenvalue weighted by atomic mass is 16.7. The van der Waals surface area contributed by atoms with E-state index < -0.39 is 18.3 Å². The third-order valence-corrected chi connectivity index (χ3v) is 8.71. The van der Waals surface area contributed by atoms with E-state index in [9.17, 15) is 0 Å². The van der Waals surface area contributed by atoms with E-state index in [2.05, 4.69) is 100 Å². The number of rotatable bonds is 2. The molecule has 0 atom stereocenters. The summed E-state index contributed by atoms with van der Waals surface area (Å²) in [6.07, 6.45) is 0. The molecule has 39 heavy (non-hydrogen) atoms. The molecule has 0 amide bonds. The van der Waals surface area contributed by atoms with Crippen molar-refractivity contribution in [1.82, 2.24) is 0 Å². The van der Waals surface area contributed by atoms with Crippen molar-refractivity contribution in [2.24, 2.45) is 0 Å². The number of fused-ring (bicyclic) bond motifs is 7. The van der Waals surface area contributed by atoms with Crippen molar-refractivity contribution >= 4 is 67.2 Å². The lowest BCUT2D eigenvalue weighted by atomic mass is 9.78. The molecular weight excluding hydrogens is 483 g/mol. The molecule has 0 unspecified atom stereocenters. The lowest BCUT2D eigenvalue weighted by Gasteiger charge is -2.32. The first-order chi connectivity index (χ1) is 18.8. The summed E-state index contributed by atoms with van der Waals surface area (Å²) in [7, 11) is -0.490. The minimum atomic E-state index is -0.490. The maximum Gasteiger partial charge on any atom is 0.498 e. The van der Waals surface area contributed by atoms with E-state index in [1.807, 2.05) is 18.2 Å². The zero-order chi connectivity index (χ0) is 26.5. The van der Waals surface area contributed by atoms with Crippen LogP contribution in [0, 0.1) is 0 Å². The van der Waals surface area contributed by atoms with E-state index in [-0.39, 0.29) is 0 Å². The monoisotopic (exact) mass is 510 g/mol. The molecule has 5 aromatic carbocycles. The molecule has 0 spiro atoms. The lowest BCUT2D eigenvalue weighted by Crippen LogP contribution is -2.41. The van der Waals surface area contributed by atoms with Crippen LogP contribution in [0.1, 0.15) is 27.7 Å². The number of hydrogen-bond acceptors (Lipinski definition) is 4. The first-order valence-corrected chi connectivity index (χ1v) is 13.4. The second kappa shape index (κ2) is 7.75. The van der Waals surface area contributed by atoms with Crippen LogP contribution in [-0.4, -0.2) is 18.3 Å². The second-order valence-electron chi connectivity index (χ2n) is 11.6. The van der Waals surface area contributed by atoms with E-state index in [0.717, 1.165) is 71.2 Å². The van der Waals surface area contributed by atoms with Gasteiger partial charge in [0, 0.05) is 32.6 Å². The van der Waals surface area contributed by atoms with Gasteiger partial charge in [-0.15, -0.1) is 0 Å². The number of hydrogen-bond donors (Lipinski definition) is 0. The zero-order valence-corrected chi connectivity index (χ0v) is 22.4. The number of benzene rings is 5. The average molecular weight is 510 g/mol. The van der Waals surface area contributed by atoms with Gasteiger partial charge < -0.3 is 18.1 Å². The Morgan fingerprint density at radius 1 is 0.538 bits per heavy atom. The maximum absolute atomic E-state index is 6.67. The Labute approximate surface area is 226 Å². The fourth-order valence-corrected chi connectivity index (χ4v) is 5.86. The summed E-state index contributed by atoms with van der Waals surface area (Å²) >= 11 is 0. The van der Waals surface area contributed by atoms with Crippen LogP contribution in [0.25, 0.3) is 65.8 Å². The normalized spacial score (nSPS) is 16.9. The first kappa shape index (κ1) is 22.9. The van der Waals surface area contributed by atoms with Crippen molar-refractivity contribution in [1.29, 1.82) is 0 Å². The van der Waals surface area contributed by atoms with Gasteiger partial charge in [0.1, 0.15) is 22.3 Å². The molecule has 4 nitrogen and oxygen atoms in total. The van der Waals surface area contributed by atoms with Crippen LogP contribution in [0.3, 0.4) is 0 Å². The highest BCUT2D eigenvalue weighted by Crippen LogP contribution is 2.40. The average Bonchev–Trinajstić information content (AvgIpc) is 3.55. The Kier molecular flexibility index (Phi) is 4.55. The molecule has 0 saturated carbocycles. The summed E-state index contributed by atoms with van der Waals surface area (Å²) in [5.41, 5.74) is 5.73. The Bertz CT molecular complexity index is 2080. The van der Waals surface area contributed by atoms with Gasteiger partial charge in [0.25, 0.3) is 0 Å². The minimum absolute atomic E-state index is 0.423. The van der Waals surface area contributed by atoms with Crippen LogP contribution in [0.5, 0.6) is 0 Å². The van der Waals surface area contributed by atoms with Crippen molar-refractivity contribution in [3.63, 3.8) is 0 Å². The van der Waals surface area contributed by atoms with Gasteiger partial charge in [0.2, 0.25) is 0 Å². The van der Waals surface area contributed by atoms with E-state index in [1.54, 1.807) is 0 Å². The smallest absolute Gasteiger partial charge is 0.456 e. The summed E-state index contributed by atoms with van der Waals surface area (Å²) in [5.74, 6) is 0. The number of furan rings is 2. The maximum atomic E-state index is 6.67. The van der Waals surface area contributed by atoms with Crippen LogP contribution < -0.4 is 5.46 Å². The SMILES string of the molecule is CC1(C)OB(c2cccc3c2oc2c(-c4ccc5cc6oc7ccccc7c6cc5c4)cccc23)OC1(C)C. The Morgan fingerprint density at radius 3 is 2.08 bits per heavy atom. The highest BCUT2D eigenvalue weighted by Gasteiger charge is 2.52. The molecule has 8 rings (SSSR count). The zero-order valence-electron chi connectivity index (χ0n) is 22.4. The van der Waals surface area contributed by atoms with Crippen molar-refractivity contribution in [3.05, 3.63) is 91.0 Å². The van der Waals surface area contributed by atoms with Gasteiger partial charge in [-0.3, -0.25) is 0 Å². The van der Waals surface area contributed by atoms with Crippen molar-refractivity contribution < 1.29 is 18.1 Å². The fourth-order valence-electron chi connectivity index (χ4n) is 5.86. The molecule has 2 aromatic heterocycles. The number of para-hydroxylation sites is 3. The van der Waals surface area contributed by atoms with Crippen LogP contribution in [0.15, 0.2) is 99.8 Å². The topological polar surface area (TPSA) is 44.7 Å². The van der Waals surface area contributed by atoms with Gasteiger partial charge in [-0.2, -0.15) is 0 Å². The Hall–Kier alpha value is -4.06. The summed E-state index contributed by atoms with van der Waals surface area (Å²) in [4.78, 5) is 0. The van der Waals surface area contributed by atoms with Gasteiger partial charge >= 0.3 is 7.12 Å². The van der Waals surface area contributed by atoms with Gasteiger partial charge in [-0.1, -0.05) is 66.7 Å². The van der Waals surface area contributed by atoms with E-state index >= 15 is 0 Å². The molecule has 0 radical (unpaired) electrons. The van der Waals surface area contributed by atoms with Gasteiger partial charge in [0.05, 0.1) is 11.2 Å². The molecule has 1 fully saturated rings. The van der Waals surface area contributed by atoms with E-state index in [1.165, 1.54) is 0 Å². The van der Waals surface area contributed by atoms with Crippen molar-refractivity contribution in [2.75, 3.05) is 0 Å². The molecule has 0 aliphatic carbocycles. The molecule has 1 aliphatic rings. The molecule has 0 N–H and O–H groups in total. The van der Waals surface area contributed by atoms with Gasteiger partial charge in [0.15, 0.2) is 0 Å². The largest absolute Gasteiger partial charge is 0.498 e. The second-order valence-corrected chi connectivity index (χ2v) is 11.6. The molecular formula is C34H27BO4. The lowest BCUT2D eigenvalue weighted by molar-refractivity contribution is 0.00578. The standard InChI is InChI=1S/C34H27BO4/c1-33(2)34(3,4)39-35(38-33)28-13-8-12-26-25-11-7-10-23(31(25)37-32(26)28)21-16-15-20-19-30-27(18-22(20)17-21)24-9-5-6-14-29(24)36-30/h5-19H,1-4H3. The van der Waals surface area contributed by atoms with Crippen LogP contribution in [0.4, 0.5) is 0 Å².